The minimum absolute atomic E-state index is 0.0787. The second-order valence-electron chi connectivity index (χ2n) is 5.40. The number of hydrogen-bond acceptors (Lipinski definition) is 4. The Kier molecular flexibility index (Phi) is 4.80. The third-order valence-electron chi connectivity index (χ3n) is 3.67. The van der Waals surface area contributed by atoms with Gasteiger partial charge in [-0.15, -0.1) is 0 Å². The van der Waals surface area contributed by atoms with Gasteiger partial charge in [-0.3, -0.25) is 9.59 Å². The van der Waals surface area contributed by atoms with E-state index in [-0.39, 0.29) is 17.9 Å². The van der Waals surface area contributed by atoms with Crippen LogP contribution in [0.2, 0.25) is 0 Å². The molecule has 1 atom stereocenters. The van der Waals surface area contributed by atoms with Crippen molar-refractivity contribution in [2.24, 2.45) is 5.10 Å². The Morgan fingerprint density at radius 3 is 2.77 bits per heavy atom. The van der Waals surface area contributed by atoms with Crippen molar-refractivity contribution in [3.8, 4) is 5.75 Å². The van der Waals surface area contributed by atoms with Crippen LogP contribution in [0.15, 0.2) is 23.3 Å². The predicted molar refractivity (Wildman–Crippen MR) is 83.7 cm³/mol. The molecule has 0 saturated heterocycles. The summed E-state index contributed by atoms with van der Waals surface area (Å²) >= 11 is 0. The zero-order valence-electron chi connectivity index (χ0n) is 13.3. The van der Waals surface area contributed by atoms with Crippen molar-refractivity contribution < 1.29 is 14.3 Å². The van der Waals surface area contributed by atoms with Crippen molar-refractivity contribution in [2.75, 3.05) is 14.2 Å². The Morgan fingerprint density at radius 1 is 1.41 bits per heavy atom. The highest BCUT2D eigenvalue weighted by Crippen LogP contribution is 2.26. The highest BCUT2D eigenvalue weighted by Gasteiger charge is 2.23. The molecule has 0 saturated carbocycles. The van der Waals surface area contributed by atoms with E-state index in [4.69, 9.17) is 4.74 Å². The summed E-state index contributed by atoms with van der Waals surface area (Å²) in [5.41, 5.74) is 2.38. The average molecular weight is 303 g/mol. The molecule has 0 spiro atoms. The van der Waals surface area contributed by atoms with Crippen molar-refractivity contribution in [1.82, 2.24) is 10.3 Å². The molecule has 2 rings (SSSR count). The zero-order chi connectivity index (χ0) is 16.3. The monoisotopic (exact) mass is 303 g/mol. The number of amides is 2. The first-order chi connectivity index (χ1) is 10.4. The van der Waals surface area contributed by atoms with E-state index in [1.165, 1.54) is 5.01 Å². The van der Waals surface area contributed by atoms with Gasteiger partial charge in [-0.25, -0.2) is 5.01 Å². The van der Waals surface area contributed by atoms with Gasteiger partial charge >= 0.3 is 0 Å². The number of nitrogens with one attached hydrogen (secondary N) is 1. The minimum Gasteiger partial charge on any atom is -0.496 e. The molecule has 22 heavy (non-hydrogen) atoms. The molecule has 1 N–H and O–H groups in total. The molecule has 0 bridgehead atoms. The van der Waals surface area contributed by atoms with Crippen LogP contribution in [0.5, 0.6) is 5.75 Å². The van der Waals surface area contributed by atoms with Crippen LogP contribution in [0.25, 0.3) is 0 Å². The maximum Gasteiger partial charge on any atom is 0.267 e. The molecule has 0 aliphatic carbocycles. The van der Waals surface area contributed by atoms with Gasteiger partial charge in [-0.1, -0.05) is 17.7 Å². The first-order valence-corrected chi connectivity index (χ1v) is 7.21. The molecular formula is C16H21N3O3. The SMILES string of the molecule is COc1ccc(C)cc1C(C)NC(=O)C1=NN(C)C(=O)CC1. The van der Waals surface area contributed by atoms with E-state index in [0.29, 0.717) is 18.6 Å². The summed E-state index contributed by atoms with van der Waals surface area (Å²) < 4.78 is 5.35. The number of carbonyl (C=O) groups excluding carboxylic acids is 2. The van der Waals surface area contributed by atoms with Crippen molar-refractivity contribution in [3.63, 3.8) is 0 Å². The Hall–Kier alpha value is -2.37. The van der Waals surface area contributed by atoms with E-state index in [1.807, 2.05) is 32.0 Å². The maximum atomic E-state index is 12.3. The Bertz CT molecular complexity index is 625. The fourth-order valence-electron chi connectivity index (χ4n) is 2.38. The standard InChI is InChI=1S/C16H21N3O3/c1-10-5-7-14(22-4)12(9-10)11(2)17-16(21)13-6-8-15(20)19(3)18-13/h5,7,9,11H,6,8H2,1-4H3,(H,17,21). The molecule has 1 aromatic rings. The van der Waals surface area contributed by atoms with E-state index in [9.17, 15) is 9.59 Å². The lowest BCUT2D eigenvalue weighted by atomic mass is 10.0. The molecule has 1 aliphatic rings. The van der Waals surface area contributed by atoms with E-state index in [2.05, 4.69) is 10.4 Å². The van der Waals surface area contributed by atoms with Crippen molar-refractivity contribution in [1.29, 1.82) is 0 Å². The van der Waals surface area contributed by atoms with Gasteiger partial charge in [-0.05, 0) is 19.9 Å². The summed E-state index contributed by atoms with van der Waals surface area (Å²) in [6, 6.07) is 5.62. The van der Waals surface area contributed by atoms with E-state index in [0.717, 1.165) is 16.9 Å². The summed E-state index contributed by atoms with van der Waals surface area (Å²) in [7, 11) is 3.16. The van der Waals surface area contributed by atoms with Crippen molar-refractivity contribution in [3.05, 3.63) is 29.3 Å². The van der Waals surface area contributed by atoms with Gasteiger partial charge in [0.25, 0.3) is 5.91 Å². The average Bonchev–Trinajstić information content (AvgIpc) is 2.49. The Morgan fingerprint density at radius 2 is 2.14 bits per heavy atom. The highest BCUT2D eigenvalue weighted by atomic mass is 16.5. The molecule has 0 aromatic heterocycles. The van der Waals surface area contributed by atoms with Gasteiger partial charge in [0.2, 0.25) is 5.91 Å². The molecule has 1 unspecified atom stereocenters. The lowest BCUT2D eigenvalue weighted by molar-refractivity contribution is -0.130. The van der Waals surface area contributed by atoms with Crippen LogP contribution >= 0.6 is 0 Å². The molecule has 0 radical (unpaired) electrons. The third kappa shape index (κ3) is 3.44. The number of nitrogens with zero attached hydrogens (tertiary/aromatic N) is 2. The topological polar surface area (TPSA) is 71.0 Å². The normalized spacial score (nSPS) is 16.1. The third-order valence-corrected chi connectivity index (χ3v) is 3.67. The maximum absolute atomic E-state index is 12.3. The molecule has 6 heteroatoms. The molecule has 1 aromatic carbocycles. The molecule has 1 aliphatic heterocycles. The number of methoxy groups -OCH3 is 1. The van der Waals surface area contributed by atoms with Gasteiger partial charge in [0, 0.05) is 25.5 Å². The van der Waals surface area contributed by atoms with Gasteiger partial charge in [0.15, 0.2) is 0 Å². The number of aryl methyl sites for hydroxylation is 1. The number of ether oxygens (including phenoxy) is 1. The minimum atomic E-state index is -0.254. The van der Waals surface area contributed by atoms with Crippen LogP contribution in [-0.4, -0.2) is 36.7 Å². The van der Waals surface area contributed by atoms with E-state index in [1.54, 1.807) is 14.2 Å². The summed E-state index contributed by atoms with van der Waals surface area (Å²) in [6.45, 7) is 3.89. The van der Waals surface area contributed by atoms with Crippen molar-refractivity contribution >= 4 is 17.5 Å². The van der Waals surface area contributed by atoms with Gasteiger partial charge in [0.05, 0.1) is 13.2 Å². The lowest BCUT2D eigenvalue weighted by Gasteiger charge is -2.22. The Labute approximate surface area is 130 Å². The molecule has 6 nitrogen and oxygen atoms in total. The molecular weight excluding hydrogens is 282 g/mol. The fraction of sp³-hybridized carbons (Fsp3) is 0.438. The fourth-order valence-corrected chi connectivity index (χ4v) is 2.38. The largest absolute Gasteiger partial charge is 0.496 e. The van der Waals surface area contributed by atoms with Crippen LogP contribution in [0.1, 0.15) is 36.9 Å². The molecule has 2 amide bonds. The number of rotatable bonds is 4. The van der Waals surface area contributed by atoms with Gasteiger partial charge in [0.1, 0.15) is 11.5 Å². The van der Waals surface area contributed by atoms with Crippen LogP contribution in [0.3, 0.4) is 0 Å². The summed E-state index contributed by atoms with van der Waals surface area (Å²) in [5, 5.41) is 8.16. The summed E-state index contributed by atoms with van der Waals surface area (Å²) in [4.78, 5) is 23.7. The number of carbonyl (C=O) groups is 2. The van der Waals surface area contributed by atoms with Crippen LogP contribution in [0, 0.1) is 6.92 Å². The number of hydrogen-bond donors (Lipinski definition) is 1. The van der Waals surface area contributed by atoms with E-state index < -0.39 is 0 Å². The summed E-state index contributed by atoms with van der Waals surface area (Å²) in [5.74, 6) is 0.400. The molecule has 118 valence electrons. The second-order valence-corrected chi connectivity index (χ2v) is 5.40. The first kappa shape index (κ1) is 16.0. The summed E-state index contributed by atoms with van der Waals surface area (Å²) in [6.07, 6.45) is 0.678. The predicted octanol–water partition coefficient (Wildman–Crippen LogP) is 1.79. The quantitative estimate of drug-likeness (QED) is 0.922. The number of benzene rings is 1. The smallest absolute Gasteiger partial charge is 0.267 e. The lowest BCUT2D eigenvalue weighted by Crippen LogP contribution is -2.38. The second kappa shape index (κ2) is 6.60. The van der Waals surface area contributed by atoms with E-state index >= 15 is 0 Å². The van der Waals surface area contributed by atoms with Crippen LogP contribution in [-0.2, 0) is 9.59 Å². The van der Waals surface area contributed by atoms with Gasteiger partial charge < -0.3 is 10.1 Å². The molecule has 1 heterocycles. The first-order valence-electron chi connectivity index (χ1n) is 7.21. The van der Waals surface area contributed by atoms with Gasteiger partial charge in [-0.2, -0.15) is 5.10 Å². The zero-order valence-corrected chi connectivity index (χ0v) is 13.3. The number of hydrazone groups is 1. The van der Waals surface area contributed by atoms with Crippen LogP contribution < -0.4 is 10.1 Å². The Balaban J connectivity index is 2.13. The van der Waals surface area contributed by atoms with Crippen LogP contribution in [0.4, 0.5) is 0 Å². The molecule has 0 fully saturated rings. The highest BCUT2D eigenvalue weighted by molar-refractivity contribution is 6.39. The van der Waals surface area contributed by atoms with Crippen molar-refractivity contribution in [2.45, 2.75) is 32.7 Å².